The minimum Gasteiger partial charge on any atom is -0.378 e. The Morgan fingerprint density at radius 2 is 1.77 bits per heavy atom. The van der Waals surface area contributed by atoms with Gasteiger partial charge in [0.2, 0.25) is 10.0 Å². The summed E-state index contributed by atoms with van der Waals surface area (Å²) in [6.07, 6.45) is 10.1. The summed E-state index contributed by atoms with van der Waals surface area (Å²) in [6.45, 7) is 8.96. The monoisotopic (exact) mass is 445 g/mol. The highest BCUT2D eigenvalue weighted by Gasteiger charge is 2.46. The predicted octanol–water partition coefficient (Wildman–Crippen LogP) is 3.12. The van der Waals surface area contributed by atoms with Gasteiger partial charge in [-0.15, -0.1) is 0 Å². The van der Waals surface area contributed by atoms with Gasteiger partial charge in [0, 0.05) is 38.9 Å². The Kier molecular flexibility index (Phi) is 9.41. The molecular formula is C22H43N3O4S. The Balaban J connectivity index is 1.62. The molecule has 2 saturated carbocycles. The van der Waals surface area contributed by atoms with Crippen molar-refractivity contribution < 1.29 is 17.9 Å². The lowest BCUT2D eigenvalue weighted by Crippen LogP contribution is -2.51. The summed E-state index contributed by atoms with van der Waals surface area (Å²) in [5, 5.41) is 1.38. The summed E-state index contributed by atoms with van der Waals surface area (Å²) in [4.78, 5) is 0. The second-order valence-electron chi connectivity index (χ2n) is 9.11. The number of hydrogen-bond acceptors (Lipinski definition) is 6. The quantitative estimate of drug-likeness (QED) is 0.557. The molecule has 30 heavy (non-hydrogen) atoms. The average molecular weight is 446 g/mol. The van der Waals surface area contributed by atoms with Crippen LogP contribution in [0.15, 0.2) is 0 Å². The van der Waals surface area contributed by atoms with Crippen molar-refractivity contribution in [1.82, 2.24) is 14.7 Å². The first-order chi connectivity index (χ1) is 14.5. The van der Waals surface area contributed by atoms with E-state index in [1.165, 1.54) is 32.1 Å². The fourth-order valence-electron chi connectivity index (χ4n) is 5.40. The zero-order chi connectivity index (χ0) is 21.6. The zero-order valence-corrected chi connectivity index (χ0v) is 20.0. The molecule has 4 atom stereocenters. The van der Waals surface area contributed by atoms with E-state index < -0.39 is 21.5 Å². The van der Waals surface area contributed by atoms with Gasteiger partial charge in [0.15, 0.2) is 0 Å². The molecular weight excluding hydrogens is 402 g/mol. The molecule has 1 N–H and O–H groups in total. The Labute approximate surface area is 183 Å². The van der Waals surface area contributed by atoms with Gasteiger partial charge in [-0.05, 0) is 51.4 Å². The average Bonchev–Trinajstić information content (AvgIpc) is 3.18. The zero-order valence-electron chi connectivity index (χ0n) is 19.2. The molecule has 1 aliphatic heterocycles. The number of nitrogens with one attached hydrogen (secondary N) is 1. The molecule has 0 aromatic carbocycles. The van der Waals surface area contributed by atoms with Crippen LogP contribution in [0.25, 0.3) is 0 Å². The Morgan fingerprint density at radius 1 is 1.00 bits per heavy atom. The van der Waals surface area contributed by atoms with Crippen molar-refractivity contribution in [2.45, 2.75) is 102 Å². The van der Waals surface area contributed by atoms with Crippen LogP contribution in [0.1, 0.15) is 78.6 Å². The van der Waals surface area contributed by atoms with Gasteiger partial charge in [0.1, 0.15) is 11.5 Å². The summed E-state index contributed by atoms with van der Waals surface area (Å²) in [5.41, 5.74) is 3.23. The minimum absolute atomic E-state index is 0.0306. The highest BCUT2D eigenvalue weighted by Crippen LogP contribution is 2.31. The molecule has 0 spiro atoms. The lowest BCUT2D eigenvalue weighted by molar-refractivity contribution is -0.0127. The van der Waals surface area contributed by atoms with Crippen molar-refractivity contribution in [2.75, 3.05) is 32.8 Å². The minimum atomic E-state index is -3.48. The van der Waals surface area contributed by atoms with E-state index in [4.69, 9.17) is 9.47 Å². The third kappa shape index (κ3) is 5.95. The van der Waals surface area contributed by atoms with Crippen LogP contribution in [0.4, 0.5) is 0 Å². The third-order valence-corrected chi connectivity index (χ3v) is 9.47. The van der Waals surface area contributed by atoms with Gasteiger partial charge < -0.3 is 9.47 Å². The highest BCUT2D eigenvalue weighted by atomic mass is 32.2. The van der Waals surface area contributed by atoms with Crippen LogP contribution in [-0.4, -0.2) is 74.2 Å². The van der Waals surface area contributed by atoms with Crippen LogP contribution in [0.5, 0.6) is 0 Å². The number of hydrazine groups is 1. The highest BCUT2D eigenvalue weighted by molar-refractivity contribution is 7.89. The van der Waals surface area contributed by atoms with Gasteiger partial charge in [-0.1, -0.05) is 33.1 Å². The van der Waals surface area contributed by atoms with Gasteiger partial charge in [0.05, 0.1) is 6.10 Å². The molecule has 3 fully saturated rings. The molecule has 0 bridgehead atoms. The SMILES string of the molecule is CCOC1NN(CC)CC1S(=O)(=O)N(CC)C1CCCC(OCC2CCCCC2)C1. The molecule has 1 heterocycles. The van der Waals surface area contributed by atoms with E-state index in [1.54, 1.807) is 4.31 Å². The largest absolute Gasteiger partial charge is 0.378 e. The van der Waals surface area contributed by atoms with Crippen LogP contribution in [0.3, 0.4) is 0 Å². The van der Waals surface area contributed by atoms with Crippen molar-refractivity contribution in [3.05, 3.63) is 0 Å². The molecule has 1 saturated heterocycles. The van der Waals surface area contributed by atoms with Crippen molar-refractivity contribution in [1.29, 1.82) is 0 Å². The van der Waals surface area contributed by atoms with E-state index in [0.29, 0.717) is 25.6 Å². The van der Waals surface area contributed by atoms with Crippen molar-refractivity contribution in [2.24, 2.45) is 5.92 Å². The lowest BCUT2D eigenvalue weighted by atomic mass is 9.89. The van der Waals surface area contributed by atoms with Crippen LogP contribution >= 0.6 is 0 Å². The predicted molar refractivity (Wildman–Crippen MR) is 119 cm³/mol. The molecule has 0 radical (unpaired) electrons. The molecule has 3 rings (SSSR count). The van der Waals surface area contributed by atoms with Crippen molar-refractivity contribution in [3.8, 4) is 0 Å². The van der Waals surface area contributed by atoms with Crippen LogP contribution in [0, 0.1) is 5.92 Å². The molecule has 3 aliphatic rings. The molecule has 2 aliphatic carbocycles. The van der Waals surface area contributed by atoms with Gasteiger partial charge in [-0.3, -0.25) is 0 Å². The number of sulfonamides is 1. The molecule has 4 unspecified atom stereocenters. The lowest BCUT2D eigenvalue weighted by Gasteiger charge is -2.38. The second-order valence-corrected chi connectivity index (χ2v) is 11.2. The van der Waals surface area contributed by atoms with E-state index in [9.17, 15) is 8.42 Å². The number of hydrogen-bond donors (Lipinski definition) is 1. The molecule has 8 heteroatoms. The first-order valence-electron chi connectivity index (χ1n) is 12.2. The number of nitrogens with zero attached hydrogens (tertiary/aromatic N) is 2. The van der Waals surface area contributed by atoms with Crippen molar-refractivity contribution >= 4 is 10.0 Å². The van der Waals surface area contributed by atoms with Crippen LogP contribution in [-0.2, 0) is 19.5 Å². The third-order valence-electron chi connectivity index (χ3n) is 7.09. The van der Waals surface area contributed by atoms with E-state index in [1.807, 2.05) is 25.8 Å². The number of ether oxygens (including phenoxy) is 2. The maximum atomic E-state index is 13.7. The van der Waals surface area contributed by atoms with Crippen LogP contribution in [0.2, 0.25) is 0 Å². The summed E-state index contributed by atoms with van der Waals surface area (Å²) in [6, 6.07) is 0.0306. The number of rotatable bonds is 10. The summed E-state index contributed by atoms with van der Waals surface area (Å²) in [7, 11) is -3.48. The van der Waals surface area contributed by atoms with Crippen molar-refractivity contribution in [3.63, 3.8) is 0 Å². The molecule has 7 nitrogen and oxygen atoms in total. The maximum absolute atomic E-state index is 13.7. The Morgan fingerprint density at radius 3 is 2.43 bits per heavy atom. The summed E-state index contributed by atoms with van der Waals surface area (Å²) < 4.78 is 41.1. The second kappa shape index (κ2) is 11.6. The molecule has 176 valence electrons. The van der Waals surface area contributed by atoms with Crippen LogP contribution < -0.4 is 5.43 Å². The summed E-state index contributed by atoms with van der Waals surface area (Å²) in [5.74, 6) is 0.696. The van der Waals surface area contributed by atoms with E-state index in [-0.39, 0.29) is 12.1 Å². The van der Waals surface area contributed by atoms with E-state index in [2.05, 4.69) is 5.43 Å². The topological polar surface area (TPSA) is 71.1 Å². The normalized spacial score (nSPS) is 32.1. The molecule has 0 aromatic heterocycles. The van der Waals surface area contributed by atoms with E-state index in [0.717, 1.165) is 38.8 Å². The maximum Gasteiger partial charge on any atom is 0.222 e. The van der Waals surface area contributed by atoms with Gasteiger partial charge in [-0.25, -0.2) is 18.9 Å². The fourth-order valence-corrected chi connectivity index (χ4v) is 7.54. The first-order valence-corrected chi connectivity index (χ1v) is 13.7. The van der Waals surface area contributed by atoms with E-state index >= 15 is 0 Å². The van der Waals surface area contributed by atoms with Gasteiger partial charge in [0.25, 0.3) is 0 Å². The molecule has 0 amide bonds. The summed E-state index contributed by atoms with van der Waals surface area (Å²) >= 11 is 0. The van der Waals surface area contributed by atoms with Gasteiger partial charge >= 0.3 is 0 Å². The Hall–Kier alpha value is -0.250. The molecule has 0 aromatic rings. The Bertz CT molecular complexity index is 612. The smallest absolute Gasteiger partial charge is 0.222 e. The fraction of sp³-hybridized carbons (Fsp3) is 1.00. The standard InChI is InChI=1S/C22H43N3O4S/c1-4-24-16-21(22(23-24)28-6-3)30(26,27)25(5-2)19-13-10-14-20(15-19)29-17-18-11-8-7-9-12-18/h18-23H,4-17H2,1-3H3. The van der Waals surface area contributed by atoms with Gasteiger partial charge in [-0.2, -0.15) is 4.31 Å². The first kappa shape index (κ1) is 24.4.